The molecule has 0 aliphatic carbocycles. The largest absolute Gasteiger partial charge is 0.314 e. The van der Waals surface area contributed by atoms with Crippen LogP contribution in [0.2, 0.25) is 5.02 Å². The van der Waals surface area contributed by atoms with Crippen molar-refractivity contribution >= 4 is 11.6 Å². The molecule has 2 heteroatoms. The molecule has 1 aromatic rings. The first kappa shape index (κ1) is 13.5. The predicted octanol–water partition coefficient (Wildman–Crippen LogP) is 4.05. The molecule has 1 nitrogen and oxygen atoms in total. The van der Waals surface area contributed by atoms with Gasteiger partial charge in [-0.15, -0.1) is 0 Å². The number of rotatable bonds is 7. The van der Waals surface area contributed by atoms with Crippen LogP contribution in [0.3, 0.4) is 0 Å². The standard InChI is InChI=1S/C14H22ClN/c1-3-7-13(16-10-4-2)11-12-8-5-6-9-14(12)15/h5-6,8-9,13,16H,3-4,7,10-11H2,1-2H3. The van der Waals surface area contributed by atoms with Crippen molar-refractivity contribution in [2.45, 2.75) is 45.6 Å². The molecule has 0 heterocycles. The highest BCUT2D eigenvalue weighted by Gasteiger charge is 2.09. The van der Waals surface area contributed by atoms with Crippen molar-refractivity contribution in [3.8, 4) is 0 Å². The number of hydrogen-bond donors (Lipinski definition) is 1. The molecule has 0 spiro atoms. The molecule has 1 rings (SSSR count). The van der Waals surface area contributed by atoms with E-state index in [4.69, 9.17) is 11.6 Å². The molecule has 0 aliphatic heterocycles. The van der Waals surface area contributed by atoms with E-state index in [0.717, 1.165) is 18.0 Å². The van der Waals surface area contributed by atoms with Crippen LogP contribution in [0, 0.1) is 0 Å². The number of nitrogens with one attached hydrogen (secondary N) is 1. The first-order chi connectivity index (χ1) is 7.77. The first-order valence-electron chi connectivity index (χ1n) is 6.24. The molecular formula is C14H22ClN. The zero-order chi connectivity index (χ0) is 11.8. The van der Waals surface area contributed by atoms with Gasteiger partial charge in [-0.25, -0.2) is 0 Å². The van der Waals surface area contributed by atoms with Crippen LogP contribution >= 0.6 is 11.6 Å². The Labute approximate surface area is 104 Å². The number of benzene rings is 1. The number of halogens is 1. The van der Waals surface area contributed by atoms with Crippen molar-refractivity contribution < 1.29 is 0 Å². The lowest BCUT2D eigenvalue weighted by Crippen LogP contribution is -2.31. The topological polar surface area (TPSA) is 12.0 Å². The van der Waals surface area contributed by atoms with Gasteiger partial charge in [0, 0.05) is 11.1 Å². The third kappa shape index (κ3) is 4.54. The third-order valence-electron chi connectivity index (χ3n) is 2.74. The molecular weight excluding hydrogens is 218 g/mol. The Morgan fingerprint density at radius 3 is 2.56 bits per heavy atom. The van der Waals surface area contributed by atoms with Crippen molar-refractivity contribution in [3.05, 3.63) is 34.9 Å². The van der Waals surface area contributed by atoms with E-state index in [2.05, 4.69) is 31.3 Å². The van der Waals surface area contributed by atoms with Gasteiger partial charge in [0.1, 0.15) is 0 Å². The van der Waals surface area contributed by atoms with Gasteiger partial charge < -0.3 is 5.32 Å². The second-order valence-corrected chi connectivity index (χ2v) is 4.64. The highest BCUT2D eigenvalue weighted by atomic mass is 35.5. The van der Waals surface area contributed by atoms with Gasteiger partial charge in [0.15, 0.2) is 0 Å². The van der Waals surface area contributed by atoms with E-state index in [1.807, 2.05) is 12.1 Å². The Morgan fingerprint density at radius 2 is 1.94 bits per heavy atom. The molecule has 0 saturated heterocycles. The number of hydrogen-bond acceptors (Lipinski definition) is 1. The summed E-state index contributed by atoms with van der Waals surface area (Å²) in [5.41, 5.74) is 1.26. The quantitative estimate of drug-likeness (QED) is 0.757. The summed E-state index contributed by atoms with van der Waals surface area (Å²) in [6.45, 7) is 5.52. The van der Waals surface area contributed by atoms with E-state index in [1.54, 1.807) is 0 Å². The van der Waals surface area contributed by atoms with Crippen LogP contribution in [0.15, 0.2) is 24.3 Å². The van der Waals surface area contributed by atoms with Crippen LogP contribution in [0.1, 0.15) is 38.7 Å². The van der Waals surface area contributed by atoms with E-state index in [9.17, 15) is 0 Å². The lowest BCUT2D eigenvalue weighted by Gasteiger charge is -2.18. The average Bonchev–Trinajstić information content (AvgIpc) is 2.29. The Hall–Kier alpha value is -0.530. The molecule has 0 saturated carbocycles. The maximum atomic E-state index is 6.17. The summed E-state index contributed by atoms with van der Waals surface area (Å²) >= 11 is 6.17. The minimum atomic E-state index is 0.560. The highest BCUT2D eigenvalue weighted by Crippen LogP contribution is 2.17. The SMILES string of the molecule is CCCNC(CCC)Cc1ccccc1Cl. The van der Waals surface area contributed by atoms with Crippen molar-refractivity contribution in [1.29, 1.82) is 0 Å². The fraction of sp³-hybridized carbons (Fsp3) is 0.571. The molecule has 1 atom stereocenters. The summed E-state index contributed by atoms with van der Waals surface area (Å²) in [6, 6.07) is 8.70. The van der Waals surface area contributed by atoms with Crippen LogP contribution in [-0.4, -0.2) is 12.6 Å². The van der Waals surface area contributed by atoms with Crippen LogP contribution in [0.5, 0.6) is 0 Å². The molecule has 0 fully saturated rings. The minimum Gasteiger partial charge on any atom is -0.314 e. The van der Waals surface area contributed by atoms with E-state index in [-0.39, 0.29) is 0 Å². The fourth-order valence-corrected chi connectivity index (χ4v) is 2.12. The van der Waals surface area contributed by atoms with E-state index >= 15 is 0 Å². The minimum absolute atomic E-state index is 0.560. The normalized spacial score (nSPS) is 12.7. The molecule has 16 heavy (non-hydrogen) atoms. The second kappa shape index (κ2) is 7.70. The Balaban J connectivity index is 2.56. The Bertz CT molecular complexity index is 299. The molecule has 0 aromatic heterocycles. The maximum absolute atomic E-state index is 6.17. The van der Waals surface area contributed by atoms with Gasteiger partial charge in [0.2, 0.25) is 0 Å². The van der Waals surface area contributed by atoms with Crippen LogP contribution < -0.4 is 5.32 Å². The van der Waals surface area contributed by atoms with E-state index in [0.29, 0.717) is 6.04 Å². The van der Waals surface area contributed by atoms with Crippen LogP contribution in [0.25, 0.3) is 0 Å². The van der Waals surface area contributed by atoms with Crippen molar-refractivity contribution in [1.82, 2.24) is 5.32 Å². The van der Waals surface area contributed by atoms with Gasteiger partial charge in [0.05, 0.1) is 0 Å². The second-order valence-electron chi connectivity index (χ2n) is 4.24. The fourth-order valence-electron chi connectivity index (χ4n) is 1.90. The zero-order valence-electron chi connectivity index (χ0n) is 10.3. The van der Waals surface area contributed by atoms with Gasteiger partial charge in [-0.05, 0) is 37.4 Å². The molecule has 0 aliphatic rings. The smallest absolute Gasteiger partial charge is 0.0438 e. The maximum Gasteiger partial charge on any atom is 0.0438 e. The van der Waals surface area contributed by atoms with Crippen LogP contribution in [0.4, 0.5) is 0 Å². The van der Waals surface area contributed by atoms with Crippen molar-refractivity contribution in [2.24, 2.45) is 0 Å². The molecule has 1 aromatic carbocycles. The van der Waals surface area contributed by atoms with Gasteiger partial charge in [0.25, 0.3) is 0 Å². The molecule has 0 radical (unpaired) electrons. The van der Waals surface area contributed by atoms with E-state index in [1.165, 1.54) is 24.8 Å². The Morgan fingerprint density at radius 1 is 1.19 bits per heavy atom. The third-order valence-corrected chi connectivity index (χ3v) is 3.11. The predicted molar refractivity (Wildman–Crippen MR) is 72.1 cm³/mol. The van der Waals surface area contributed by atoms with Gasteiger partial charge >= 0.3 is 0 Å². The van der Waals surface area contributed by atoms with E-state index < -0.39 is 0 Å². The summed E-state index contributed by atoms with van der Waals surface area (Å²) in [5, 5.41) is 4.48. The zero-order valence-corrected chi connectivity index (χ0v) is 11.1. The van der Waals surface area contributed by atoms with Gasteiger partial charge in [-0.3, -0.25) is 0 Å². The van der Waals surface area contributed by atoms with Gasteiger partial charge in [-0.1, -0.05) is 50.1 Å². The average molecular weight is 240 g/mol. The summed E-state index contributed by atoms with van der Waals surface area (Å²) in [7, 11) is 0. The molecule has 0 amide bonds. The molecule has 90 valence electrons. The van der Waals surface area contributed by atoms with Crippen molar-refractivity contribution in [2.75, 3.05) is 6.54 Å². The Kier molecular flexibility index (Phi) is 6.51. The summed E-state index contributed by atoms with van der Waals surface area (Å²) in [6.07, 6.45) is 4.65. The summed E-state index contributed by atoms with van der Waals surface area (Å²) in [5.74, 6) is 0. The molecule has 0 bridgehead atoms. The van der Waals surface area contributed by atoms with Gasteiger partial charge in [-0.2, -0.15) is 0 Å². The molecule has 1 N–H and O–H groups in total. The molecule has 1 unspecified atom stereocenters. The van der Waals surface area contributed by atoms with Crippen LogP contribution in [-0.2, 0) is 6.42 Å². The first-order valence-corrected chi connectivity index (χ1v) is 6.62. The summed E-state index contributed by atoms with van der Waals surface area (Å²) < 4.78 is 0. The highest BCUT2D eigenvalue weighted by molar-refractivity contribution is 6.31. The monoisotopic (exact) mass is 239 g/mol. The van der Waals surface area contributed by atoms with Crippen molar-refractivity contribution in [3.63, 3.8) is 0 Å². The lowest BCUT2D eigenvalue weighted by molar-refractivity contribution is 0.473. The summed E-state index contributed by atoms with van der Waals surface area (Å²) in [4.78, 5) is 0. The lowest BCUT2D eigenvalue weighted by atomic mass is 10.0.